The third kappa shape index (κ3) is 12.8. The van der Waals surface area contributed by atoms with Crippen molar-refractivity contribution >= 4 is 17.9 Å². The highest BCUT2D eigenvalue weighted by molar-refractivity contribution is 5.92. The van der Waals surface area contributed by atoms with E-state index in [9.17, 15) is 31.9 Å². The highest BCUT2D eigenvalue weighted by Gasteiger charge is 2.42. The lowest BCUT2D eigenvalue weighted by atomic mass is 10.0. The highest BCUT2D eigenvalue weighted by atomic mass is 19.4. The quantitative estimate of drug-likeness (QED) is 0.0546. The molecule has 0 unspecified atom stereocenters. The van der Waals surface area contributed by atoms with Gasteiger partial charge in [-0.1, -0.05) is 95.9 Å². The predicted molar refractivity (Wildman–Crippen MR) is 175 cm³/mol. The molecular weight excluding hydrogens is 628 g/mol. The van der Waals surface area contributed by atoms with Gasteiger partial charge in [-0.05, 0) is 72.9 Å². The molecule has 0 amide bonds. The second kappa shape index (κ2) is 19.6. The Morgan fingerprint density at radius 3 is 1.77 bits per heavy atom. The first kappa shape index (κ1) is 38.2. The van der Waals surface area contributed by atoms with E-state index in [2.05, 4.69) is 11.7 Å². The largest absolute Gasteiger partial charge is 0.449 e. The summed E-state index contributed by atoms with van der Waals surface area (Å²) in [5.41, 5.74) is 1.26. The van der Waals surface area contributed by atoms with E-state index in [1.807, 2.05) is 6.92 Å². The molecule has 0 aliphatic heterocycles. The second-order valence-corrected chi connectivity index (χ2v) is 11.8. The molecule has 0 bridgehead atoms. The number of benzene rings is 3. The molecule has 260 valence electrons. The average Bonchev–Trinajstić information content (AvgIpc) is 3.06. The predicted octanol–water partition coefficient (Wildman–Crippen LogP) is 10.8. The van der Waals surface area contributed by atoms with E-state index in [-0.39, 0.29) is 24.4 Å². The van der Waals surface area contributed by atoms with Gasteiger partial charge in [0.05, 0.1) is 11.1 Å². The van der Waals surface area contributed by atoms with Crippen LogP contribution < -0.4 is 9.47 Å². The van der Waals surface area contributed by atoms with Crippen LogP contribution in [0.3, 0.4) is 0 Å². The van der Waals surface area contributed by atoms with Gasteiger partial charge < -0.3 is 14.2 Å². The Kier molecular flexibility index (Phi) is 15.6. The molecule has 3 aromatic carbocycles. The van der Waals surface area contributed by atoms with Crippen LogP contribution in [0, 0.1) is 5.82 Å². The molecule has 0 N–H and O–H groups in total. The molecule has 0 aromatic heterocycles. The van der Waals surface area contributed by atoms with Crippen molar-refractivity contribution in [1.82, 2.24) is 0 Å². The number of carbonyl (C=O) groups excluding carboxylic acids is 3. The van der Waals surface area contributed by atoms with E-state index in [1.165, 1.54) is 37.8 Å². The summed E-state index contributed by atoms with van der Waals surface area (Å²) in [5, 5.41) is 0. The molecule has 10 heteroatoms. The fourth-order valence-corrected chi connectivity index (χ4v) is 5.04. The van der Waals surface area contributed by atoms with Crippen molar-refractivity contribution in [3.63, 3.8) is 0 Å². The Bertz CT molecular complexity index is 1450. The summed E-state index contributed by atoms with van der Waals surface area (Å²) < 4.78 is 70.1. The van der Waals surface area contributed by atoms with Gasteiger partial charge in [0.1, 0.15) is 5.75 Å². The van der Waals surface area contributed by atoms with Crippen LogP contribution >= 0.6 is 0 Å². The van der Waals surface area contributed by atoms with E-state index < -0.39 is 41.3 Å². The maximum Gasteiger partial charge on any atom is 0.425 e. The van der Waals surface area contributed by atoms with Crippen LogP contribution in [0.25, 0.3) is 11.1 Å². The first-order chi connectivity index (χ1) is 23.0. The van der Waals surface area contributed by atoms with Crippen LogP contribution in [0.1, 0.15) is 118 Å². The molecule has 1 atom stereocenters. The number of rotatable bonds is 19. The van der Waals surface area contributed by atoms with Gasteiger partial charge in [-0.15, -0.1) is 0 Å². The van der Waals surface area contributed by atoms with Gasteiger partial charge in [0, 0.05) is 6.42 Å². The molecule has 3 rings (SSSR count). The average molecular weight is 673 g/mol. The van der Waals surface area contributed by atoms with Crippen molar-refractivity contribution in [2.45, 2.75) is 110 Å². The molecule has 0 fully saturated rings. The van der Waals surface area contributed by atoms with Crippen molar-refractivity contribution in [2.24, 2.45) is 0 Å². The number of unbranched alkanes of at least 4 members (excludes halogenated alkanes) is 9. The van der Waals surface area contributed by atoms with Crippen LogP contribution in [0.4, 0.5) is 17.6 Å². The maximum atomic E-state index is 14.7. The molecule has 0 aliphatic rings. The lowest BCUT2D eigenvalue weighted by Crippen LogP contribution is -2.33. The third-order valence-electron chi connectivity index (χ3n) is 7.83. The minimum atomic E-state index is -4.75. The molecule has 0 saturated heterocycles. The number of halogens is 4. The molecule has 0 aliphatic carbocycles. The van der Waals surface area contributed by atoms with Gasteiger partial charge in [0.25, 0.3) is 0 Å². The number of hydrogen-bond donors (Lipinski definition) is 0. The SMILES string of the molecule is CCCCCCCCCC(=O)Oc1ccc(-c2ccc(C(=O)Oc3ccc(C(=O)O[C@H](CCCCCC)C(F)(F)F)cc3F)cc2)cc1. The summed E-state index contributed by atoms with van der Waals surface area (Å²) in [6.07, 6.45) is 3.15. The van der Waals surface area contributed by atoms with E-state index in [0.717, 1.165) is 55.4 Å². The number of hydrogen-bond acceptors (Lipinski definition) is 6. The zero-order valence-electron chi connectivity index (χ0n) is 27.6. The smallest absolute Gasteiger partial charge is 0.425 e. The van der Waals surface area contributed by atoms with Crippen LogP contribution in [0.2, 0.25) is 0 Å². The molecule has 0 radical (unpaired) electrons. The molecule has 0 saturated carbocycles. The first-order valence-electron chi connectivity index (χ1n) is 16.7. The lowest BCUT2D eigenvalue weighted by Gasteiger charge is -2.20. The van der Waals surface area contributed by atoms with Crippen molar-refractivity contribution in [1.29, 1.82) is 0 Å². The fraction of sp³-hybridized carbons (Fsp3) is 0.447. The van der Waals surface area contributed by atoms with Crippen molar-refractivity contribution in [2.75, 3.05) is 0 Å². The summed E-state index contributed by atoms with van der Waals surface area (Å²) in [4.78, 5) is 37.2. The first-order valence-corrected chi connectivity index (χ1v) is 16.7. The summed E-state index contributed by atoms with van der Waals surface area (Å²) >= 11 is 0. The van der Waals surface area contributed by atoms with Crippen LogP contribution in [0.15, 0.2) is 66.7 Å². The Morgan fingerprint density at radius 1 is 0.646 bits per heavy atom. The Morgan fingerprint density at radius 2 is 1.19 bits per heavy atom. The molecule has 48 heavy (non-hydrogen) atoms. The van der Waals surface area contributed by atoms with Gasteiger partial charge in [0.15, 0.2) is 17.7 Å². The monoisotopic (exact) mass is 672 g/mol. The zero-order valence-corrected chi connectivity index (χ0v) is 27.6. The van der Waals surface area contributed by atoms with Crippen LogP contribution in [0.5, 0.6) is 11.5 Å². The van der Waals surface area contributed by atoms with E-state index in [0.29, 0.717) is 24.7 Å². The van der Waals surface area contributed by atoms with Crippen LogP contribution in [-0.4, -0.2) is 30.2 Å². The maximum absolute atomic E-state index is 14.7. The number of ether oxygens (including phenoxy) is 3. The standard InChI is InChI=1S/C38H44F4O6/c1-3-5-7-9-10-11-13-15-35(43)46-31-23-20-28(21-24-31)27-16-18-29(19-17-27)36(44)47-33-25-22-30(26-32(33)39)37(45)48-34(38(40,41)42)14-12-8-6-4-2/h16-26,34H,3-15H2,1-2H3/t34-/m1/s1. The minimum Gasteiger partial charge on any atom is -0.449 e. The summed E-state index contributed by atoms with van der Waals surface area (Å²) in [6, 6.07) is 16.0. The zero-order chi connectivity index (χ0) is 34.9. The molecule has 0 heterocycles. The van der Waals surface area contributed by atoms with E-state index in [4.69, 9.17) is 9.47 Å². The number of alkyl halides is 3. The lowest BCUT2D eigenvalue weighted by molar-refractivity contribution is -0.206. The highest BCUT2D eigenvalue weighted by Crippen LogP contribution is 2.29. The minimum absolute atomic E-state index is 0.119. The second-order valence-electron chi connectivity index (χ2n) is 11.8. The Labute approximate surface area is 279 Å². The fourth-order valence-electron chi connectivity index (χ4n) is 5.04. The molecule has 6 nitrogen and oxygen atoms in total. The Balaban J connectivity index is 1.51. The number of carbonyl (C=O) groups is 3. The van der Waals surface area contributed by atoms with E-state index >= 15 is 0 Å². The van der Waals surface area contributed by atoms with Crippen LogP contribution in [-0.2, 0) is 9.53 Å². The van der Waals surface area contributed by atoms with Gasteiger partial charge in [-0.25, -0.2) is 14.0 Å². The van der Waals surface area contributed by atoms with E-state index in [1.54, 1.807) is 36.4 Å². The normalized spacial score (nSPS) is 12.0. The van der Waals surface area contributed by atoms with Crippen molar-refractivity contribution < 1.29 is 46.2 Å². The van der Waals surface area contributed by atoms with Gasteiger partial charge in [-0.2, -0.15) is 13.2 Å². The van der Waals surface area contributed by atoms with Gasteiger partial charge >= 0.3 is 24.1 Å². The molecule has 3 aromatic rings. The van der Waals surface area contributed by atoms with Gasteiger partial charge in [0.2, 0.25) is 0 Å². The summed E-state index contributed by atoms with van der Waals surface area (Å²) in [7, 11) is 0. The summed E-state index contributed by atoms with van der Waals surface area (Å²) in [6.45, 7) is 4.10. The number of esters is 3. The van der Waals surface area contributed by atoms with Gasteiger partial charge in [-0.3, -0.25) is 4.79 Å². The molecular formula is C38H44F4O6. The molecule has 0 spiro atoms. The van der Waals surface area contributed by atoms with Crippen molar-refractivity contribution in [3.05, 3.63) is 83.7 Å². The summed E-state index contributed by atoms with van der Waals surface area (Å²) in [5.74, 6) is -3.63. The topological polar surface area (TPSA) is 78.9 Å². The van der Waals surface area contributed by atoms with Crippen molar-refractivity contribution in [3.8, 4) is 22.6 Å². The Hall–Kier alpha value is -4.21. The third-order valence-corrected chi connectivity index (χ3v) is 7.83.